The molecule has 35 heavy (non-hydrogen) atoms. The van der Waals surface area contributed by atoms with Crippen molar-refractivity contribution in [1.82, 2.24) is 9.21 Å². The summed E-state index contributed by atoms with van der Waals surface area (Å²) < 4.78 is 27.4. The molecule has 2 heterocycles. The number of benzene rings is 2. The maximum Gasteiger partial charge on any atom is 0.247 e. The minimum absolute atomic E-state index is 0.0480. The lowest BCUT2D eigenvalue weighted by molar-refractivity contribution is -0.141. The van der Waals surface area contributed by atoms with E-state index in [0.29, 0.717) is 37.1 Å². The average Bonchev–Trinajstić information content (AvgIpc) is 3.34. The van der Waals surface area contributed by atoms with E-state index < -0.39 is 16.1 Å². The minimum Gasteiger partial charge on any atom is -0.330 e. The van der Waals surface area contributed by atoms with Gasteiger partial charge in [0.25, 0.3) is 0 Å². The van der Waals surface area contributed by atoms with Crippen LogP contribution in [0.15, 0.2) is 53.4 Å². The molecule has 0 aromatic heterocycles. The van der Waals surface area contributed by atoms with Crippen LogP contribution in [0.3, 0.4) is 0 Å². The number of piperidine rings is 1. The van der Waals surface area contributed by atoms with Gasteiger partial charge in [-0.3, -0.25) is 14.4 Å². The lowest BCUT2D eigenvalue weighted by Gasteiger charge is -2.34. The maximum atomic E-state index is 13.3. The number of nitrogens with one attached hydrogen (secondary N) is 1. The number of hydrogen-bond acceptors (Lipinski definition) is 5. The van der Waals surface area contributed by atoms with Crippen molar-refractivity contribution >= 4 is 33.3 Å². The number of Topliss-reactive ketones (excluding diaryl/α,β-unsaturated/α-hetero) is 1. The zero-order valence-corrected chi connectivity index (χ0v) is 20.9. The molecule has 2 saturated heterocycles. The number of nitrogens with zero attached hydrogens (tertiary/aromatic N) is 2. The fraction of sp³-hybridized carbons (Fsp3) is 0.423. The summed E-state index contributed by atoms with van der Waals surface area (Å²) in [6.07, 6.45) is 2.19. The molecule has 2 aromatic carbocycles. The Labute approximate surface area is 206 Å². The number of carbonyl (C=O) groups is 3. The molecule has 0 aliphatic carbocycles. The molecular formula is C26H31N3O5S. The van der Waals surface area contributed by atoms with Crippen LogP contribution >= 0.6 is 0 Å². The Morgan fingerprint density at radius 3 is 2.11 bits per heavy atom. The lowest BCUT2D eigenvalue weighted by atomic mass is 9.96. The van der Waals surface area contributed by atoms with Crippen LogP contribution in [-0.4, -0.2) is 60.9 Å². The highest BCUT2D eigenvalue weighted by molar-refractivity contribution is 7.89. The van der Waals surface area contributed by atoms with Crippen LogP contribution in [-0.2, 0) is 19.6 Å². The van der Waals surface area contributed by atoms with Gasteiger partial charge in [0.2, 0.25) is 21.8 Å². The molecule has 1 unspecified atom stereocenters. The standard InChI is InChI=1S/C26H31N3O5S/c1-18-5-11-23(12-6-18)35(33,34)28-16-13-21(14-17-28)26(32)29-15-3-4-24(29)25(31)27-22-9-7-20(8-10-22)19(2)30/h5-12,21,24H,3-4,13-17H2,1-2H3,(H,27,31). The van der Waals surface area contributed by atoms with Crippen LogP contribution in [0, 0.1) is 12.8 Å². The molecule has 1 atom stereocenters. The molecule has 186 valence electrons. The van der Waals surface area contributed by atoms with E-state index in [4.69, 9.17) is 0 Å². The number of amides is 2. The molecule has 2 amide bonds. The molecule has 1 N–H and O–H groups in total. The molecule has 9 heteroatoms. The van der Waals surface area contributed by atoms with Gasteiger partial charge in [-0.1, -0.05) is 17.7 Å². The van der Waals surface area contributed by atoms with Crippen LogP contribution in [0.2, 0.25) is 0 Å². The average molecular weight is 498 g/mol. The molecule has 4 rings (SSSR count). The van der Waals surface area contributed by atoms with Crippen LogP contribution < -0.4 is 5.32 Å². The molecule has 0 radical (unpaired) electrons. The van der Waals surface area contributed by atoms with Gasteiger partial charge in [-0.05, 0) is 75.9 Å². The zero-order valence-electron chi connectivity index (χ0n) is 20.1. The molecule has 0 spiro atoms. The van der Waals surface area contributed by atoms with Gasteiger partial charge >= 0.3 is 0 Å². The van der Waals surface area contributed by atoms with Gasteiger partial charge in [0, 0.05) is 36.8 Å². The highest BCUT2D eigenvalue weighted by Crippen LogP contribution is 2.28. The van der Waals surface area contributed by atoms with Crippen molar-refractivity contribution in [1.29, 1.82) is 0 Å². The second kappa shape index (κ2) is 10.3. The number of anilines is 1. The quantitative estimate of drug-likeness (QED) is 0.617. The first-order valence-corrected chi connectivity index (χ1v) is 13.4. The smallest absolute Gasteiger partial charge is 0.247 e. The summed E-state index contributed by atoms with van der Waals surface area (Å²) in [5.74, 6) is -0.677. The summed E-state index contributed by atoms with van der Waals surface area (Å²) in [6, 6.07) is 12.9. The van der Waals surface area contributed by atoms with Gasteiger partial charge in [0.1, 0.15) is 6.04 Å². The molecule has 2 aromatic rings. The Hall–Kier alpha value is -3.04. The van der Waals surface area contributed by atoms with Gasteiger partial charge in [-0.25, -0.2) is 8.42 Å². The largest absolute Gasteiger partial charge is 0.330 e. The fourth-order valence-electron chi connectivity index (χ4n) is 4.75. The number of carbonyl (C=O) groups excluding carboxylic acids is 3. The van der Waals surface area contributed by atoms with E-state index in [9.17, 15) is 22.8 Å². The number of sulfonamides is 1. The van der Waals surface area contributed by atoms with Crippen molar-refractivity contribution in [3.05, 3.63) is 59.7 Å². The van der Waals surface area contributed by atoms with Gasteiger partial charge < -0.3 is 10.2 Å². The third kappa shape index (κ3) is 5.46. The number of likely N-dealkylation sites (tertiary alicyclic amines) is 1. The van der Waals surface area contributed by atoms with Crippen LogP contribution in [0.5, 0.6) is 0 Å². The number of aryl methyl sites for hydroxylation is 1. The summed E-state index contributed by atoms with van der Waals surface area (Å²) in [7, 11) is -3.59. The number of ketones is 1. The zero-order chi connectivity index (χ0) is 25.2. The van der Waals surface area contributed by atoms with Gasteiger partial charge in [-0.15, -0.1) is 0 Å². The first-order valence-electron chi connectivity index (χ1n) is 12.0. The Kier molecular flexibility index (Phi) is 7.37. The molecule has 0 bridgehead atoms. The number of rotatable bonds is 6. The Bertz CT molecular complexity index is 1200. The SMILES string of the molecule is CC(=O)c1ccc(NC(=O)C2CCCN2C(=O)C2CCN(S(=O)(=O)c3ccc(C)cc3)CC2)cc1. The molecule has 2 aliphatic heterocycles. The first-order chi connectivity index (χ1) is 16.7. The van der Waals surface area contributed by atoms with E-state index >= 15 is 0 Å². The third-order valence-corrected chi connectivity index (χ3v) is 8.77. The number of hydrogen-bond donors (Lipinski definition) is 1. The lowest BCUT2D eigenvalue weighted by Crippen LogP contribution is -2.48. The van der Waals surface area contributed by atoms with E-state index in [-0.39, 0.29) is 41.5 Å². The van der Waals surface area contributed by atoms with Crippen molar-refractivity contribution in [3.8, 4) is 0 Å². The second-order valence-electron chi connectivity index (χ2n) is 9.30. The predicted octanol–water partition coefficient (Wildman–Crippen LogP) is 3.23. The highest BCUT2D eigenvalue weighted by atomic mass is 32.2. The van der Waals surface area contributed by atoms with E-state index in [2.05, 4.69) is 5.32 Å². The van der Waals surface area contributed by atoms with E-state index in [1.54, 1.807) is 53.4 Å². The van der Waals surface area contributed by atoms with E-state index in [1.165, 1.54) is 11.2 Å². The van der Waals surface area contributed by atoms with Gasteiger partial charge in [0.15, 0.2) is 5.78 Å². The van der Waals surface area contributed by atoms with Gasteiger partial charge in [-0.2, -0.15) is 4.31 Å². The normalized spacial score (nSPS) is 19.5. The predicted molar refractivity (Wildman–Crippen MR) is 132 cm³/mol. The monoisotopic (exact) mass is 497 g/mol. The summed E-state index contributed by atoms with van der Waals surface area (Å²) in [5, 5.41) is 2.86. The fourth-order valence-corrected chi connectivity index (χ4v) is 6.22. The topological polar surface area (TPSA) is 104 Å². The molecule has 0 saturated carbocycles. The van der Waals surface area contributed by atoms with Crippen molar-refractivity contribution in [3.63, 3.8) is 0 Å². The van der Waals surface area contributed by atoms with Crippen molar-refractivity contribution in [2.75, 3.05) is 25.0 Å². The van der Waals surface area contributed by atoms with Crippen LogP contribution in [0.4, 0.5) is 5.69 Å². The Morgan fingerprint density at radius 2 is 1.51 bits per heavy atom. The van der Waals surface area contributed by atoms with Crippen LogP contribution in [0.25, 0.3) is 0 Å². The second-order valence-corrected chi connectivity index (χ2v) is 11.2. The highest BCUT2D eigenvalue weighted by Gasteiger charge is 2.39. The van der Waals surface area contributed by atoms with Crippen molar-refractivity contribution < 1.29 is 22.8 Å². The van der Waals surface area contributed by atoms with E-state index in [0.717, 1.165) is 12.0 Å². The van der Waals surface area contributed by atoms with E-state index in [1.807, 2.05) is 6.92 Å². The molecular weight excluding hydrogens is 466 g/mol. The van der Waals surface area contributed by atoms with Crippen molar-refractivity contribution in [2.24, 2.45) is 5.92 Å². The molecule has 2 aliphatic rings. The summed E-state index contributed by atoms with van der Waals surface area (Å²) >= 11 is 0. The molecule has 8 nitrogen and oxygen atoms in total. The molecule has 2 fully saturated rings. The maximum absolute atomic E-state index is 13.3. The first kappa shape index (κ1) is 25.1. The van der Waals surface area contributed by atoms with Gasteiger partial charge in [0.05, 0.1) is 4.90 Å². The minimum atomic E-state index is -3.59. The van der Waals surface area contributed by atoms with Crippen LogP contribution in [0.1, 0.15) is 48.5 Å². The van der Waals surface area contributed by atoms with Crippen molar-refractivity contribution in [2.45, 2.75) is 50.5 Å². The summed E-state index contributed by atoms with van der Waals surface area (Å²) in [5.41, 5.74) is 2.14. The Balaban J connectivity index is 1.36. The summed E-state index contributed by atoms with van der Waals surface area (Å²) in [4.78, 5) is 39.6. The Morgan fingerprint density at radius 1 is 0.886 bits per heavy atom. The third-order valence-electron chi connectivity index (χ3n) is 6.86. The summed E-state index contributed by atoms with van der Waals surface area (Å²) in [6.45, 7) is 4.46.